The van der Waals surface area contributed by atoms with Crippen LogP contribution in [0.5, 0.6) is 5.75 Å². The van der Waals surface area contributed by atoms with Crippen molar-refractivity contribution in [2.75, 3.05) is 11.9 Å². The maximum absolute atomic E-state index is 12.7. The Labute approximate surface area is 191 Å². The van der Waals surface area contributed by atoms with Gasteiger partial charge in [0.15, 0.2) is 12.4 Å². The van der Waals surface area contributed by atoms with E-state index in [-0.39, 0.29) is 18.3 Å². The van der Waals surface area contributed by atoms with Gasteiger partial charge in [-0.2, -0.15) is 0 Å². The maximum atomic E-state index is 12.7. The highest BCUT2D eigenvalue weighted by atomic mass is 16.5. The molecule has 0 spiro atoms. The number of urea groups is 1. The third-order valence-corrected chi connectivity index (χ3v) is 5.16. The zero-order valence-corrected chi connectivity index (χ0v) is 18.0. The van der Waals surface area contributed by atoms with Crippen LogP contribution in [0.4, 0.5) is 10.5 Å². The van der Waals surface area contributed by atoms with Crippen LogP contribution < -0.4 is 20.7 Å². The van der Waals surface area contributed by atoms with Gasteiger partial charge in [0.05, 0.1) is 11.7 Å². The van der Waals surface area contributed by atoms with Gasteiger partial charge in [0.1, 0.15) is 5.75 Å². The van der Waals surface area contributed by atoms with E-state index in [4.69, 9.17) is 4.74 Å². The molecule has 1 aliphatic rings. The minimum absolute atomic E-state index is 0.192. The number of hydrogen-bond acceptors (Lipinski definition) is 4. The van der Waals surface area contributed by atoms with Gasteiger partial charge in [-0.15, -0.1) is 0 Å². The lowest BCUT2D eigenvalue weighted by Gasteiger charge is -2.30. The number of nitrogens with one attached hydrogen (secondary N) is 3. The van der Waals surface area contributed by atoms with Gasteiger partial charge in [-0.05, 0) is 30.7 Å². The van der Waals surface area contributed by atoms with E-state index < -0.39 is 12.1 Å². The molecule has 0 radical (unpaired) electrons. The van der Waals surface area contributed by atoms with E-state index >= 15 is 0 Å². The van der Waals surface area contributed by atoms with Gasteiger partial charge in [-0.3, -0.25) is 9.59 Å². The average Bonchev–Trinajstić information content (AvgIpc) is 2.83. The fourth-order valence-corrected chi connectivity index (χ4v) is 3.72. The van der Waals surface area contributed by atoms with Gasteiger partial charge >= 0.3 is 6.03 Å². The van der Waals surface area contributed by atoms with Crippen LogP contribution in [0, 0.1) is 0 Å². The molecule has 0 fully saturated rings. The first kappa shape index (κ1) is 21.8. The summed E-state index contributed by atoms with van der Waals surface area (Å²) in [7, 11) is 0. The molecule has 1 atom stereocenters. The first-order valence-corrected chi connectivity index (χ1v) is 10.5. The second kappa shape index (κ2) is 9.82. The number of carbonyl (C=O) groups is 3. The molecule has 0 saturated carbocycles. The number of benzene rings is 3. The van der Waals surface area contributed by atoms with E-state index in [9.17, 15) is 14.4 Å². The monoisotopic (exact) mass is 441 g/mol. The Bertz CT molecular complexity index is 1210. The summed E-state index contributed by atoms with van der Waals surface area (Å²) in [6, 6.07) is 24.2. The smallest absolute Gasteiger partial charge is 0.320 e. The number of Topliss-reactive ketones (excluding diaryl/α,β-unsaturated/α-hetero) is 1. The van der Waals surface area contributed by atoms with Crippen molar-refractivity contribution >= 4 is 29.1 Å². The van der Waals surface area contributed by atoms with Crippen molar-refractivity contribution in [1.82, 2.24) is 10.6 Å². The van der Waals surface area contributed by atoms with E-state index in [0.29, 0.717) is 28.3 Å². The highest BCUT2D eigenvalue weighted by Gasteiger charge is 2.33. The van der Waals surface area contributed by atoms with E-state index in [1.165, 1.54) is 6.92 Å². The Balaban J connectivity index is 1.63. The Kier molecular flexibility index (Phi) is 6.50. The highest BCUT2D eigenvalue weighted by Crippen LogP contribution is 2.35. The number of anilines is 1. The summed E-state index contributed by atoms with van der Waals surface area (Å²) < 4.78 is 5.81. The number of ketones is 1. The minimum atomic E-state index is -0.736. The molecular formula is C26H23N3O4. The van der Waals surface area contributed by atoms with Crippen molar-refractivity contribution in [3.63, 3.8) is 0 Å². The van der Waals surface area contributed by atoms with Crippen LogP contribution in [0.1, 0.15) is 24.1 Å². The SMILES string of the molecule is CC(=O)C1=C(c2ccccc2)NC(=O)N[C@@H]1c1ccccc1OCC(=O)Nc1ccccc1. The van der Waals surface area contributed by atoms with Crippen molar-refractivity contribution in [1.29, 1.82) is 0 Å². The molecule has 7 nitrogen and oxygen atoms in total. The lowest BCUT2D eigenvalue weighted by atomic mass is 9.90. The third kappa shape index (κ3) is 5.10. The lowest BCUT2D eigenvalue weighted by Crippen LogP contribution is -2.44. The quantitative estimate of drug-likeness (QED) is 0.515. The largest absolute Gasteiger partial charge is 0.483 e. The molecule has 0 aliphatic carbocycles. The van der Waals surface area contributed by atoms with Crippen LogP contribution in [0.3, 0.4) is 0 Å². The zero-order chi connectivity index (χ0) is 23.2. The van der Waals surface area contributed by atoms with Crippen molar-refractivity contribution < 1.29 is 19.1 Å². The Hall–Kier alpha value is -4.39. The number of hydrogen-bond donors (Lipinski definition) is 3. The summed E-state index contributed by atoms with van der Waals surface area (Å²) in [6.45, 7) is 1.23. The molecule has 3 amide bonds. The van der Waals surface area contributed by atoms with Gasteiger partial charge in [0.25, 0.3) is 5.91 Å². The summed E-state index contributed by atoms with van der Waals surface area (Å²) in [4.78, 5) is 37.6. The second-order valence-corrected chi connectivity index (χ2v) is 7.48. The molecule has 0 unspecified atom stereocenters. The molecule has 1 aliphatic heterocycles. The predicted octanol–water partition coefficient (Wildman–Crippen LogP) is 4.06. The first-order valence-electron chi connectivity index (χ1n) is 10.5. The fourth-order valence-electron chi connectivity index (χ4n) is 3.72. The Morgan fingerprint density at radius 2 is 1.55 bits per heavy atom. The van der Waals surface area contributed by atoms with Crippen molar-refractivity contribution in [2.24, 2.45) is 0 Å². The second-order valence-electron chi connectivity index (χ2n) is 7.48. The summed E-state index contributed by atoms with van der Waals surface area (Å²) >= 11 is 0. The number of para-hydroxylation sites is 2. The van der Waals surface area contributed by atoms with Crippen LogP contribution >= 0.6 is 0 Å². The van der Waals surface area contributed by atoms with E-state index in [1.807, 2.05) is 48.5 Å². The number of rotatable bonds is 7. The summed E-state index contributed by atoms with van der Waals surface area (Å²) in [5.41, 5.74) is 2.83. The topological polar surface area (TPSA) is 96.5 Å². The Morgan fingerprint density at radius 3 is 2.24 bits per heavy atom. The number of ether oxygens (including phenoxy) is 1. The van der Waals surface area contributed by atoms with Gasteiger partial charge in [0.2, 0.25) is 0 Å². The molecule has 0 saturated heterocycles. The molecule has 4 rings (SSSR count). The van der Waals surface area contributed by atoms with Gasteiger partial charge < -0.3 is 20.7 Å². The van der Waals surface area contributed by atoms with Crippen LogP contribution in [-0.4, -0.2) is 24.3 Å². The van der Waals surface area contributed by atoms with Gasteiger partial charge in [-0.1, -0.05) is 66.7 Å². The van der Waals surface area contributed by atoms with E-state index in [2.05, 4.69) is 16.0 Å². The lowest BCUT2D eigenvalue weighted by molar-refractivity contribution is -0.118. The standard InChI is InChI=1S/C26H23N3O4/c1-17(30)23-24(18-10-4-2-5-11-18)28-26(32)29-25(23)20-14-8-9-15-21(20)33-16-22(31)27-19-12-6-3-7-13-19/h2-15,25H,16H2,1H3,(H,27,31)(H2,28,29,32)/t25-/m1/s1. The first-order chi connectivity index (χ1) is 16.0. The summed E-state index contributed by atoms with van der Waals surface area (Å²) in [5, 5.41) is 8.35. The van der Waals surface area contributed by atoms with Gasteiger partial charge in [-0.25, -0.2) is 4.79 Å². The molecule has 0 bridgehead atoms. The molecule has 3 aromatic rings. The molecule has 1 heterocycles. The Morgan fingerprint density at radius 1 is 0.909 bits per heavy atom. The molecule has 3 aromatic carbocycles. The van der Waals surface area contributed by atoms with Crippen molar-refractivity contribution in [3.05, 3.63) is 102 Å². The molecule has 166 valence electrons. The molecule has 33 heavy (non-hydrogen) atoms. The molecule has 0 aromatic heterocycles. The highest BCUT2D eigenvalue weighted by molar-refractivity contribution is 6.07. The minimum Gasteiger partial charge on any atom is -0.483 e. The molecule has 7 heteroatoms. The molecule has 3 N–H and O–H groups in total. The third-order valence-electron chi connectivity index (χ3n) is 5.16. The van der Waals surface area contributed by atoms with Crippen molar-refractivity contribution in [2.45, 2.75) is 13.0 Å². The predicted molar refractivity (Wildman–Crippen MR) is 125 cm³/mol. The maximum Gasteiger partial charge on any atom is 0.320 e. The normalized spacial score (nSPS) is 15.3. The fraction of sp³-hybridized carbons (Fsp3) is 0.115. The van der Waals surface area contributed by atoms with Crippen LogP contribution in [0.15, 0.2) is 90.5 Å². The van der Waals surface area contributed by atoms with Gasteiger partial charge in [0, 0.05) is 16.8 Å². The van der Waals surface area contributed by atoms with E-state index in [0.717, 1.165) is 5.56 Å². The number of amides is 3. The van der Waals surface area contributed by atoms with E-state index in [1.54, 1.807) is 36.4 Å². The van der Waals surface area contributed by atoms with Crippen molar-refractivity contribution in [3.8, 4) is 5.75 Å². The number of carbonyl (C=O) groups excluding carboxylic acids is 3. The average molecular weight is 441 g/mol. The zero-order valence-electron chi connectivity index (χ0n) is 18.0. The van der Waals surface area contributed by atoms with Crippen LogP contribution in [0.25, 0.3) is 5.70 Å². The summed E-state index contributed by atoms with van der Waals surface area (Å²) in [6.07, 6.45) is 0. The van der Waals surface area contributed by atoms with Crippen LogP contribution in [0.2, 0.25) is 0 Å². The van der Waals surface area contributed by atoms with Crippen LogP contribution in [-0.2, 0) is 9.59 Å². The summed E-state index contributed by atoms with van der Waals surface area (Å²) in [5.74, 6) is -0.111. The molecular weight excluding hydrogens is 418 g/mol.